The van der Waals surface area contributed by atoms with Crippen molar-refractivity contribution in [2.75, 3.05) is 44.6 Å². The topological polar surface area (TPSA) is 102 Å². The predicted octanol–water partition coefficient (Wildman–Crippen LogP) is 5.72. The van der Waals surface area contributed by atoms with Gasteiger partial charge in [0.1, 0.15) is 5.65 Å². The van der Waals surface area contributed by atoms with Crippen molar-refractivity contribution in [3.8, 4) is 22.3 Å². The molecular weight excluding hydrogens is 593 g/mol. The smallest absolute Gasteiger partial charge is 0.264 e. The van der Waals surface area contributed by atoms with Crippen LogP contribution in [0.4, 0.5) is 5.69 Å². The summed E-state index contributed by atoms with van der Waals surface area (Å²) in [6, 6.07) is 18.8. The Labute approximate surface area is 259 Å². The van der Waals surface area contributed by atoms with E-state index in [0.717, 1.165) is 64.7 Å². The van der Waals surface area contributed by atoms with Gasteiger partial charge in [0.2, 0.25) is 0 Å². The van der Waals surface area contributed by atoms with E-state index in [1.165, 1.54) is 15.6 Å². The Kier molecular flexibility index (Phi) is 7.16. The first-order chi connectivity index (χ1) is 21.3. The average molecular weight is 623 g/mol. The molecule has 1 aliphatic rings. The molecule has 0 aliphatic carbocycles. The highest BCUT2D eigenvalue weighted by molar-refractivity contribution is 7.93. The molecule has 9 nitrogen and oxygen atoms in total. The van der Waals surface area contributed by atoms with Crippen molar-refractivity contribution < 1.29 is 13.2 Å². The largest absolute Gasteiger partial charge is 0.339 e. The number of hydrogen-bond acceptors (Lipinski definition) is 7. The maximum absolute atomic E-state index is 13.3. The van der Waals surface area contributed by atoms with Crippen LogP contribution in [-0.4, -0.2) is 79.4 Å². The second kappa shape index (κ2) is 11.2. The third-order valence-electron chi connectivity index (χ3n) is 8.32. The van der Waals surface area contributed by atoms with Gasteiger partial charge in [0.25, 0.3) is 15.9 Å². The van der Waals surface area contributed by atoms with Gasteiger partial charge in [-0.25, -0.2) is 13.4 Å². The molecule has 0 spiro atoms. The fraction of sp³-hybridized carbons (Fsp3) is 0.182. The van der Waals surface area contributed by atoms with Crippen LogP contribution in [-0.2, 0) is 10.0 Å². The zero-order valence-electron chi connectivity index (χ0n) is 24.3. The molecule has 11 heteroatoms. The summed E-state index contributed by atoms with van der Waals surface area (Å²) in [5.74, 6) is 0.0401. The lowest BCUT2D eigenvalue weighted by molar-refractivity contribution is 0.0664. The van der Waals surface area contributed by atoms with Gasteiger partial charge < -0.3 is 14.8 Å². The molecule has 4 aromatic heterocycles. The third-order valence-corrected chi connectivity index (χ3v) is 10.9. The summed E-state index contributed by atoms with van der Waals surface area (Å²) in [6.07, 6.45) is 5.36. The van der Waals surface area contributed by atoms with Gasteiger partial charge in [-0.3, -0.25) is 14.1 Å². The van der Waals surface area contributed by atoms with E-state index in [0.29, 0.717) is 16.9 Å². The Morgan fingerprint density at radius 1 is 0.955 bits per heavy atom. The number of H-pyrrole nitrogens is 1. The van der Waals surface area contributed by atoms with E-state index in [2.05, 4.69) is 21.9 Å². The van der Waals surface area contributed by atoms with E-state index >= 15 is 0 Å². The van der Waals surface area contributed by atoms with E-state index in [1.54, 1.807) is 42.3 Å². The van der Waals surface area contributed by atoms with E-state index in [1.807, 2.05) is 59.6 Å². The lowest BCUT2D eigenvalue weighted by Gasteiger charge is -2.32. The summed E-state index contributed by atoms with van der Waals surface area (Å²) < 4.78 is 28.0. The number of aromatic nitrogens is 3. The summed E-state index contributed by atoms with van der Waals surface area (Å²) in [7, 11) is -0.0710. The van der Waals surface area contributed by atoms with Crippen molar-refractivity contribution in [3.05, 3.63) is 95.6 Å². The molecule has 1 fully saturated rings. The molecule has 2 aromatic carbocycles. The Morgan fingerprint density at radius 2 is 1.70 bits per heavy atom. The minimum Gasteiger partial charge on any atom is -0.339 e. The SMILES string of the molecule is CN1CCN(C(=O)c2ccc(-c3cnc4[nH]c5ccc(N(C)S(=O)(=O)c6ccsc6)cc5c4c3-c3ccncc3)cc2)CC1. The predicted molar refractivity (Wildman–Crippen MR) is 176 cm³/mol. The third kappa shape index (κ3) is 4.92. The number of anilines is 1. The second-order valence-corrected chi connectivity index (χ2v) is 13.7. The van der Waals surface area contributed by atoms with Gasteiger partial charge in [-0.15, -0.1) is 0 Å². The number of thiophene rings is 1. The summed E-state index contributed by atoms with van der Waals surface area (Å²) in [4.78, 5) is 30.0. The first kappa shape index (κ1) is 28.2. The minimum absolute atomic E-state index is 0.0401. The van der Waals surface area contributed by atoms with E-state index in [-0.39, 0.29) is 10.8 Å². The van der Waals surface area contributed by atoms with Crippen molar-refractivity contribution >= 4 is 54.9 Å². The van der Waals surface area contributed by atoms with Crippen LogP contribution < -0.4 is 4.31 Å². The molecule has 0 unspecified atom stereocenters. The number of piperazine rings is 1. The van der Waals surface area contributed by atoms with E-state index in [9.17, 15) is 13.2 Å². The van der Waals surface area contributed by atoms with Gasteiger partial charge in [-0.1, -0.05) is 12.1 Å². The highest BCUT2D eigenvalue weighted by Gasteiger charge is 2.24. The molecule has 1 aliphatic heterocycles. The minimum atomic E-state index is -3.71. The number of nitrogens with one attached hydrogen (secondary N) is 1. The van der Waals surface area contributed by atoms with Gasteiger partial charge >= 0.3 is 0 Å². The maximum atomic E-state index is 13.3. The first-order valence-corrected chi connectivity index (χ1v) is 16.6. The van der Waals surface area contributed by atoms with Crippen LogP contribution in [0, 0.1) is 0 Å². The Bertz CT molecular complexity index is 2090. The zero-order valence-corrected chi connectivity index (χ0v) is 25.9. The molecule has 1 N–H and O–H groups in total. The number of hydrogen-bond donors (Lipinski definition) is 1. The van der Waals surface area contributed by atoms with Crippen molar-refractivity contribution in [2.24, 2.45) is 0 Å². The number of amides is 1. The molecule has 44 heavy (non-hydrogen) atoms. The number of nitrogens with zero attached hydrogens (tertiary/aromatic N) is 5. The normalized spacial score (nSPS) is 14.4. The van der Waals surface area contributed by atoms with Gasteiger partial charge in [0.05, 0.1) is 10.6 Å². The fourth-order valence-electron chi connectivity index (χ4n) is 5.76. The van der Waals surface area contributed by atoms with Crippen LogP contribution in [0.2, 0.25) is 0 Å². The van der Waals surface area contributed by atoms with E-state index in [4.69, 9.17) is 4.98 Å². The van der Waals surface area contributed by atoms with Crippen LogP contribution in [0.25, 0.3) is 44.2 Å². The number of carbonyl (C=O) groups excluding carboxylic acids is 1. The lowest BCUT2D eigenvalue weighted by atomic mass is 9.92. The highest BCUT2D eigenvalue weighted by atomic mass is 32.2. The number of pyridine rings is 2. The molecule has 222 valence electrons. The molecule has 5 heterocycles. The monoisotopic (exact) mass is 622 g/mol. The van der Waals surface area contributed by atoms with Crippen LogP contribution in [0.1, 0.15) is 10.4 Å². The number of sulfonamides is 1. The molecule has 0 radical (unpaired) electrons. The molecule has 6 aromatic rings. The van der Waals surface area contributed by atoms with Crippen LogP contribution in [0.15, 0.2) is 94.9 Å². The molecule has 1 amide bonds. The van der Waals surface area contributed by atoms with Gasteiger partial charge in [-0.2, -0.15) is 11.3 Å². The molecule has 0 atom stereocenters. The van der Waals surface area contributed by atoms with Crippen LogP contribution in [0.5, 0.6) is 0 Å². The van der Waals surface area contributed by atoms with Crippen molar-refractivity contribution in [1.82, 2.24) is 24.8 Å². The summed E-state index contributed by atoms with van der Waals surface area (Å²) in [5.41, 5.74) is 6.45. The number of fused-ring (bicyclic) bond motifs is 3. The Hall–Kier alpha value is -4.58. The lowest BCUT2D eigenvalue weighted by Crippen LogP contribution is -2.47. The Balaban J connectivity index is 1.35. The van der Waals surface area contributed by atoms with Crippen LogP contribution in [0.3, 0.4) is 0 Å². The molecule has 1 saturated heterocycles. The molecule has 0 saturated carbocycles. The quantitative estimate of drug-likeness (QED) is 0.255. The van der Waals surface area contributed by atoms with Crippen molar-refractivity contribution in [2.45, 2.75) is 4.90 Å². The van der Waals surface area contributed by atoms with E-state index < -0.39 is 10.0 Å². The van der Waals surface area contributed by atoms with Crippen molar-refractivity contribution in [1.29, 1.82) is 0 Å². The number of aromatic amines is 1. The molecular formula is C33H30N6O3S2. The summed E-state index contributed by atoms with van der Waals surface area (Å²) in [6.45, 7) is 3.17. The number of rotatable bonds is 6. The number of carbonyl (C=O) groups is 1. The Morgan fingerprint density at radius 3 is 2.41 bits per heavy atom. The standard InChI is InChI=1S/C33H30N6O3S2/c1-37-14-16-39(17-15-37)33(40)24-5-3-22(4-6-24)28-20-35-32-31(30(28)23-9-12-34-13-10-23)27-19-25(7-8-29(27)36-32)38(2)44(41,42)26-11-18-43-21-26/h3-13,18-21H,14-17H2,1-2H3,(H,35,36). The molecule has 0 bridgehead atoms. The zero-order chi connectivity index (χ0) is 30.4. The summed E-state index contributed by atoms with van der Waals surface area (Å²) >= 11 is 1.35. The van der Waals surface area contributed by atoms with Gasteiger partial charge in [0, 0.05) is 90.2 Å². The fourth-order valence-corrected chi connectivity index (χ4v) is 7.96. The second-order valence-electron chi connectivity index (χ2n) is 11.0. The number of benzene rings is 2. The summed E-state index contributed by atoms with van der Waals surface area (Å²) in [5, 5.41) is 5.13. The van der Waals surface area contributed by atoms with Crippen LogP contribution >= 0.6 is 11.3 Å². The maximum Gasteiger partial charge on any atom is 0.264 e. The average Bonchev–Trinajstić information content (AvgIpc) is 3.73. The number of likely N-dealkylation sites (N-methyl/N-ethyl adjacent to an activating group) is 1. The first-order valence-electron chi connectivity index (χ1n) is 14.3. The molecule has 7 rings (SSSR count). The highest BCUT2D eigenvalue weighted by Crippen LogP contribution is 2.41. The van der Waals surface area contributed by atoms with Gasteiger partial charge in [0.15, 0.2) is 0 Å². The van der Waals surface area contributed by atoms with Crippen molar-refractivity contribution in [3.63, 3.8) is 0 Å². The van der Waals surface area contributed by atoms with Gasteiger partial charge in [-0.05, 0) is 72.1 Å².